The fraction of sp³-hybridized carbons (Fsp3) is 0.450. The van der Waals surface area contributed by atoms with Gasteiger partial charge in [-0.15, -0.1) is 0 Å². The van der Waals surface area contributed by atoms with E-state index in [2.05, 4.69) is 16.8 Å². The van der Waals surface area contributed by atoms with Crippen molar-refractivity contribution < 1.29 is 5.11 Å². The molecule has 1 aromatic carbocycles. The second-order valence-electron chi connectivity index (χ2n) is 6.68. The van der Waals surface area contributed by atoms with Crippen molar-refractivity contribution in [3.8, 4) is 17.0 Å². The summed E-state index contributed by atoms with van der Waals surface area (Å²) in [6.45, 7) is 4.03. The van der Waals surface area contributed by atoms with Gasteiger partial charge < -0.3 is 10.0 Å². The highest BCUT2D eigenvalue weighted by molar-refractivity contribution is 6.43. The smallest absolute Gasteiger partial charge is 0.143 e. The number of aromatic nitrogens is 1. The highest BCUT2D eigenvalue weighted by Crippen LogP contribution is 2.38. The monoisotopic (exact) mass is 378 g/mol. The third-order valence-electron chi connectivity index (χ3n) is 5.09. The van der Waals surface area contributed by atoms with Crippen molar-refractivity contribution in [1.29, 1.82) is 0 Å². The number of rotatable bonds is 6. The molecule has 1 aliphatic rings. The molecule has 5 heteroatoms. The molecule has 0 spiro atoms. The summed E-state index contributed by atoms with van der Waals surface area (Å²) in [5.74, 6) is 0.973. The van der Waals surface area contributed by atoms with E-state index in [4.69, 9.17) is 23.2 Å². The lowest BCUT2D eigenvalue weighted by Crippen LogP contribution is -2.25. The minimum atomic E-state index is 0.126. The maximum atomic E-state index is 10.5. The van der Waals surface area contributed by atoms with Crippen LogP contribution >= 0.6 is 23.2 Å². The number of nitrogens with zero attached hydrogens (tertiary/aromatic N) is 2. The minimum Gasteiger partial charge on any atom is -0.506 e. The SMILES string of the molecule is CCN(CCC1CCCC1)c1cnc(-c2cccc(Cl)c2Cl)c(O)c1. The third kappa shape index (κ3) is 4.21. The first-order valence-corrected chi connectivity index (χ1v) is 9.74. The van der Waals surface area contributed by atoms with E-state index in [1.165, 1.54) is 32.1 Å². The van der Waals surface area contributed by atoms with Crippen molar-refractivity contribution in [2.45, 2.75) is 39.0 Å². The number of pyridine rings is 1. The molecule has 0 unspecified atom stereocenters. The molecule has 0 amide bonds. The maximum Gasteiger partial charge on any atom is 0.143 e. The summed E-state index contributed by atoms with van der Waals surface area (Å²) in [4.78, 5) is 6.74. The minimum absolute atomic E-state index is 0.126. The molecule has 134 valence electrons. The number of anilines is 1. The second-order valence-corrected chi connectivity index (χ2v) is 7.47. The Hall–Kier alpha value is -1.45. The van der Waals surface area contributed by atoms with Gasteiger partial charge in [0.15, 0.2) is 0 Å². The fourth-order valence-electron chi connectivity index (χ4n) is 3.62. The van der Waals surface area contributed by atoms with E-state index < -0.39 is 0 Å². The third-order valence-corrected chi connectivity index (χ3v) is 5.91. The molecule has 0 saturated heterocycles. The number of hydrogen-bond acceptors (Lipinski definition) is 3. The first-order valence-electron chi connectivity index (χ1n) is 8.98. The molecule has 3 rings (SSSR count). The highest BCUT2D eigenvalue weighted by Gasteiger charge is 2.18. The van der Waals surface area contributed by atoms with Gasteiger partial charge in [0.1, 0.15) is 11.4 Å². The van der Waals surface area contributed by atoms with Crippen LogP contribution < -0.4 is 4.90 Å². The molecular weight excluding hydrogens is 355 g/mol. The van der Waals surface area contributed by atoms with Crippen molar-refractivity contribution in [2.75, 3.05) is 18.0 Å². The van der Waals surface area contributed by atoms with Crippen molar-refractivity contribution in [3.63, 3.8) is 0 Å². The van der Waals surface area contributed by atoms with Gasteiger partial charge in [0.25, 0.3) is 0 Å². The van der Waals surface area contributed by atoms with E-state index in [1.54, 1.807) is 18.2 Å². The topological polar surface area (TPSA) is 36.4 Å². The quantitative estimate of drug-likeness (QED) is 0.652. The summed E-state index contributed by atoms with van der Waals surface area (Å²) >= 11 is 12.3. The molecule has 0 aliphatic heterocycles. The average molecular weight is 379 g/mol. The molecule has 1 saturated carbocycles. The van der Waals surface area contributed by atoms with Crippen LogP contribution in [0.5, 0.6) is 5.75 Å². The van der Waals surface area contributed by atoms with Crippen molar-refractivity contribution >= 4 is 28.9 Å². The Balaban J connectivity index is 1.79. The first-order chi connectivity index (χ1) is 12.1. The van der Waals surface area contributed by atoms with E-state index in [1.807, 2.05) is 12.3 Å². The Kier molecular flexibility index (Phi) is 6.08. The van der Waals surface area contributed by atoms with Crippen LogP contribution in [0.3, 0.4) is 0 Å². The van der Waals surface area contributed by atoms with Gasteiger partial charge in [-0.1, -0.05) is 61.0 Å². The zero-order valence-corrected chi connectivity index (χ0v) is 16.0. The predicted molar refractivity (Wildman–Crippen MR) is 106 cm³/mol. The van der Waals surface area contributed by atoms with Gasteiger partial charge in [0, 0.05) is 24.7 Å². The molecule has 1 aliphatic carbocycles. The van der Waals surface area contributed by atoms with Crippen molar-refractivity contribution in [3.05, 3.63) is 40.5 Å². The lowest BCUT2D eigenvalue weighted by Gasteiger charge is -2.25. The van der Waals surface area contributed by atoms with Crippen LogP contribution in [0.2, 0.25) is 10.0 Å². The molecule has 1 heterocycles. The van der Waals surface area contributed by atoms with E-state index in [0.29, 0.717) is 21.3 Å². The Morgan fingerprint density at radius 3 is 2.68 bits per heavy atom. The molecule has 3 nitrogen and oxygen atoms in total. The average Bonchev–Trinajstić information content (AvgIpc) is 3.12. The van der Waals surface area contributed by atoms with Gasteiger partial charge in [0.05, 0.1) is 21.9 Å². The van der Waals surface area contributed by atoms with Crippen molar-refractivity contribution in [1.82, 2.24) is 4.98 Å². The van der Waals surface area contributed by atoms with Gasteiger partial charge in [-0.25, -0.2) is 0 Å². The van der Waals surface area contributed by atoms with Crippen LogP contribution in [0.1, 0.15) is 39.0 Å². The van der Waals surface area contributed by atoms with E-state index in [9.17, 15) is 5.11 Å². The molecule has 0 radical (unpaired) electrons. The van der Waals surface area contributed by atoms with E-state index >= 15 is 0 Å². The Morgan fingerprint density at radius 1 is 1.24 bits per heavy atom. The Morgan fingerprint density at radius 2 is 2.00 bits per heavy atom. The van der Waals surface area contributed by atoms with E-state index in [0.717, 1.165) is 24.7 Å². The van der Waals surface area contributed by atoms with Gasteiger partial charge in [0.2, 0.25) is 0 Å². The molecule has 25 heavy (non-hydrogen) atoms. The molecule has 0 bridgehead atoms. The van der Waals surface area contributed by atoms with Gasteiger partial charge in [-0.3, -0.25) is 4.98 Å². The zero-order chi connectivity index (χ0) is 17.8. The number of benzene rings is 1. The largest absolute Gasteiger partial charge is 0.506 e. The molecule has 2 aromatic rings. The van der Waals surface area contributed by atoms with Gasteiger partial charge >= 0.3 is 0 Å². The predicted octanol–water partition coefficient (Wildman–Crippen LogP) is 6.17. The van der Waals surface area contributed by atoms with Crippen LogP contribution in [0.25, 0.3) is 11.3 Å². The highest BCUT2D eigenvalue weighted by atomic mass is 35.5. The normalized spacial score (nSPS) is 14.8. The summed E-state index contributed by atoms with van der Waals surface area (Å²) < 4.78 is 0. The Bertz CT molecular complexity index is 730. The number of aromatic hydroxyl groups is 1. The number of halogens is 2. The molecule has 1 aromatic heterocycles. The second kappa shape index (κ2) is 8.29. The van der Waals surface area contributed by atoms with Crippen LogP contribution in [-0.4, -0.2) is 23.2 Å². The van der Waals surface area contributed by atoms with Gasteiger partial charge in [-0.2, -0.15) is 0 Å². The van der Waals surface area contributed by atoms with Crippen LogP contribution in [0.15, 0.2) is 30.5 Å². The zero-order valence-electron chi connectivity index (χ0n) is 14.5. The standard InChI is InChI=1S/C20H24Cl2N2O/c1-2-24(11-10-14-6-3-4-7-14)15-12-18(25)20(23-13-15)16-8-5-9-17(21)19(16)22/h5,8-9,12-14,25H,2-4,6-7,10-11H2,1H3. The summed E-state index contributed by atoms with van der Waals surface area (Å²) in [6, 6.07) is 7.12. The van der Waals surface area contributed by atoms with Crippen LogP contribution in [0.4, 0.5) is 5.69 Å². The molecule has 1 fully saturated rings. The van der Waals surface area contributed by atoms with Crippen LogP contribution in [-0.2, 0) is 0 Å². The molecule has 1 N–H and O–H groups in total. The first kappa shape index (κ1) is 18.3. The van der Waals surface area contributed by atoms with Gasteiger partial charge in [-0.05, 0) is 25.3 Å². The lowest BCUT2D eigenvalue weighted by molar-refractivity contribution is 0.474. The lowest BCUT2D eigenvalue weighted by atomic mass is 10.0. The summed E-state index contributed by atoms with van der Waals surface area (Å²) in [6.07, 6.45) is 8.46. The summed E-state index contributed by atoms with van der Waals surface area (Å²) in [5, 5.41) is 11.4. The summed E-state index contributed by atoms with van der Waals surface area (Å²) in [5.41, 5.74) is 2.05. The molecular formula is C20H24Cl2N2O. The van der Waals surface area contributed by atoms with E-state index in [-0.39, 0.29) is 5.75 Å². The van der Waals surface area contributed by atoms with Crippen LogP contribution in [0, 0.1) is 5.92 Å². The van der Waals surface area contributed by atoms with Crippen molar-refractivity contribution in [2.24, 2.45) is 5.92 Å². The number of hydrogen-bond donors (Lipinski definition) is 1. The summed E-state index contributed by atoms with van der Waals surface area (Å²) in [7, 11) is 0. The Labute approximate surface area is 159 Å². The fourth-order valence-corrected chi connectivity index (χ4v) is 4.01. The maximum absolute atomic E-state index is 10.5. The molecule has 0 atom stereocenters.